The predicted molar refractivity (Wildman–Crippen MR) is 85.6 cm³/mol. The van der Waals surface area contributed by atoms with E-state index in [4.69, 9.17) is 4.74 Å². The van der Waals surface area contributed by atoms with Crippen LogP contribution in [0.1, 0.15) is 50.5 Å². The van der Waals surface area contributed by atoms with Gasteiger partial charge in [-0.15, -0.1) is 0 Å². The highest BCUT2D eigenvalue weighted by Gasteiger charge is 2.21. The Labute approximate surface area is 128 Å². The number of aryl methyl sites for hydroxylation is 1. The zero-order valence-corrected chi connectivity index (χ0v) is 13.3. The van der Waals surface area contributed by atoms with Gasteiger partial charge in [0.15, 0.2) is 0 Å². The lowest BCUT2D eigenvalue weighted by Gasteiger charge is -2.31. The molecule has 116 valence electrons. The minimum absolute atomic E-state index is 0.259. The van der Waals surface area contributed by atoms with Crippen LogP contribution in [0.5, 0.6) is 5.75 Å². The molecule has 1 saturated carbocycles. The molecule has 0 saturated heterocycles. The van der Waals surface area contributed by atoms with Crippen LogP contribution in [0.15, 0.2) is 24.3 Å². The van der Waals surface area contributed by atoms with Crippen LogP contribution in [0.3, 0.4) is 0 Å². The fraction of sp³-hybridized carbons (Fsp3) is 0.611. The van der Waals surface area contributed by atoms with E-state index in [2.05, 4.69) is 6.92 Å². The normalized spacial score (nSPS) is 15.7. The van der Waals surface area contributed by atoms with Crippen molar-refractivity contribution < 1.29 is 9.53 Å². The van der Waals surface area contributed by atoms with Gasteiger partial charge in [0, 0.05) is 19.5 Å². The third kappa shape index (κ3) is 5.07. The lowest BCUT2D eigenvalue weighted by atomic mass is 9.94. The minimum Gasteiger partial charge on any atom is -0.494 e. The zero-order chi connectivity index (χ0) is 15.1. The maximum Gasteiger partial charge on any atom is 0.222 e. The first kappa shape index (κ1) is 15.9. The second-order valence-electron chi connectivity index (χ2n) is 6.06. The van der Waals surface area contributed by atoms with E-state index < -0.39 is 0 Å². The van der Waals surface area contributed by atoms with Crippen LogP contribution in [0, 0.1) is 6.92 Å². The maximum atomic E-state index is 12.2. The Bertz CT molecular complexity index is 435. The number of hydrogen-bond donors (Lipinski definition) is 0. The van der Waals surface area contributed by atoms with Crippen molar-refractivity contribution in [1.29, 1.82) is 0 Å². The SMILES string of the molecule is Cc1ccc(OCCCC(=O)N(C)C2CCCCC2)cc1. The monoisotopic (exact) mass is 289 g/mol. The summed E-state index contributed by atoms with van der Waals surface area (Å²) >= 11 is 0. The molecule has 0 N–H and O–H groups in total. The predicted octanol–water partition coefficient (Wildman–Crippen LogP) is 3.95. The van der Waals surface area contributed by atoms with Crippen LogP contribution in [0.2, 0.25) is 0 Å². The molecule has 0 radical (unpaired) electrons. The molecule has 1 amide bonds. The molecule has 0 aromatic heterocycles. The highest BCUT2D eigenvalue weighted by atomic mass is 16.5. The van der Waals surface area contributed by atoms with E-state index in [1.807, 2.05) is 36.2 Å². The molecule has 0 spiro atoms. The van der Waals surface area contributed by atoms with Gasteiger partial charge in [-0.25, -0.2) is 0 Å². The molecule has 0 bridgehead atoms. The van der Waals surface area contributed by atoms with Crippen molar-refractivity contribution >= 4 is 5.91 Å². The van der Waals surface area contributed by atoms with E-state index in [0.717, 1.165) is 12.2 Å². The van der Waals surface area contributed by atoms with E-state index in [-0.39, 0.29) is 5.91 Å². The summed E-state index contributed by atoms with van der Waals surface area (Å²) in [5.41, 5.74) is 1.23. The molecule has 0 heterocycles. The topological polar surface area (TPSA) is 29.5 Å². The minimum atomic E-state index is 0.259. The van der Waals surface area contributed by atoms with Crippen LogP contribution >= 0.6 is 0 Å². The summed E-state index contributed by atoms with van der Waals surface area (Å²) in [6.07, 6.45) is 7.55. The standard InChI is InChI=1S/C18H27NO2/c1-15-10-12-17(13-11-15)21-14-6-9-18(20)19(2)16-7-4-3-5-8-16/h10-13,16H,3-9,14H2,1-2H3. The van der Waals surface area contributed by atoms with Crippen LogP contribution in [-0.4, -0.2) is 30.5 Å². The van der Waals surface area contributed by atoms with Crippen molar-refractivity contribution in [2.24, 2.45) is 0 Å². The van der Waals surface area contributed by atoms with Gasteiger partial charge < -0.3 is 9.64 Å². The Morgan fingerprint density at radius 2 is 1.86 bits per heavy atom. The van der Waals surface area contributed by atoms with Crippen molar-refractivity contribution in [1.82, 2.24) is 4.90 Å². The van der Waals surface area contributed by atoms with Gasteiger partial charge in [-0.2, -0.15) is 0 Å². The van der Waals surface area contributed by atoms with Crippen molar-refractivity contribution in [2.75, 3.05) is 13.7 Å². The first-order valence-electron chi connectivity index (χ1n) is 8.12. The number of nitrogens with zero attached hydrogens (tertiary/aromatic N) is 1. The quantitative estimate of drug-likeness (QED) is 0.742. The molecule has 0 aliphatic heterocycles. The van der Waals surface area contributed by atoms with Gasteiger partial charge in [0.2, 0.25) is 5.91 Å². The second kappa shape index (κ2) is 8.06. The smallest absolute Gasteiger partial charge is 0.222 e. The molecule has 1 aromatic carbocycles. The molecule has 2 rings (SSSR count). The van der Waals surface area contributed by atoms with Gasteiger partial charge in [-0.3, -0.25) is 4.79 Å². The summed E-state index contributed by atoms with van der Waals surface area (Å²) < 4.78 is 5.67. The molecule has 0 unspecified atom stereocenters. The van der Waals surface area contributed by atoms with Crippen molar-refractivity contribution in [3.63, 3.8) is 0 Å². The Balaban J connectivity index is 1.65. The Hall–Kier alpha value is -1.51. The van der Waals surface area contributed by atoms with E-state index in [9.17, 15) is 4.79 Å². The third-order valence-corrected chi connectivity index (χ3v) is 4.34. The summed E-state index contributed by atoms with van der Waals surface area (Å²) in [7, 11) is 1.96. The van der Waals surface area contributed by atoms with Gasteiger partial charge >= 0.3 is 0 Å². The van der Waals surface area contributed by atoms with Crippen molar-refractivity contribution in [3.05, 3.63) is 29.8 Å². The average molecular weight is 289 g/mol. The van der Waals surface area contributed by atoms with Crippen LogP contribution in [0.25, 0.3) is 0 Å². The molecule has 1 aliphatic carbocycles. The fourth-order valence-corrected chi connectivity index (χ4v) is 2.90. The molecule has 1 aromatic rings. The van der Waals surface area contributed by atoms with Crippen LogP contribution < -0.4 is 4.74 Å². The maximum absolute atomic E-state index is 12.2. The number of hydrogen-bond acceptors (Lipinski definition) is 2. The van der Waals surface area contributed by atoms with Crippen molar-refractivity contribution in [3.8, 4) is 5.75 Å². The molecule has 3 heteroatoms. The molecule has 1 aliphatic rings. The number of carbonyl (C=O) groups is 1. The summed E-state index contributed by atoms with van der Waals surface area (Å²) in [6, 6.07) is 8.50. The molecule has 21 heavy (non-hydrogen) atoms. The van der Waals surface area contributed by atoms with E-state index in [1.54, 1.807) is 0 Å². The van der Waals surface area contributed by atoms with Gasteiger partial charge in [0.25, 0.3) is 0 Å². The summed E-state index contributed by atoms with van der Waals surface area (Å²) in [4.78, 5) is 14.1. The van der Waals surface area contributed by atoms with Crippen molar-refractivity contribution in [2.45, 2.75) is 57.9 Å². The first-order chi connectivity index (χ1) is 10.2. The summed E-state index contributed by atoms with van der Waals surface area (Å²) in [5.74, 6) is 1.14. The zero-order valence-electron chi connectivity index (χ0n) is 13.3. The molecule has 1 fully saturated rings. The fourth-order valence-electron chi connectivity index (χ4n) is 2.90. The lowest BCUT2D eigenvalue weighted by molar-refractivity contribution is -0.132. The van der Waals surface area contributed by atoms with Gasteiger partial charge in [0.05, 0.1) is 6.61 Å². The van der Waals surface area contributed by atoms with Gasteiger partial charge in [0.1, 0.15) is 5.75 Å². The van der Waals surface area contributed by atoms with E-state index in [0.29, 0.717) is 19.1 Å². The molecule has 0 atom stereocenters. The summed E-state index contributed by atoms with van der Waals surface area (Å²) in [5, 5.41) is 0. The number of carbonyl (C=O) groups excluding carboxylic acids is 1. The van der Waals surface area contributed by atoms with E-state index >= 15 is 0 Å². The average Bonchev–Trinajstić information content (AvgIpc) is 2.53. The first-order valence-corrected chi connectivity index (χ1v) is 8.12. The molecule has 3 nitrogen and oxygen atoms in total. The largest absolute Gasteiger partial charge is 0.494 e. The lowest BCUT2D eigenvalue weighted by Crippen LogP contribution is -2.38. The number of amides is 1. The number of rotatable bonds is 6. The third-order valence-electron chi connectivity index (χ3n) is 4.34. The number of benzene rings is 1. The van der Waals surface area contributed by atoms with Crippen LogP contribution in [-0.2, 0) is 4.79 Å². The highest BCUT2D eigenvalue weighted by Crippen LogP contribution is 2.22. The van der Waals surface area contributed by atoms with E-state index in [1.165, 1.54) is 37.7 Å². The van der Waals surface area contributed by atoms with Gasteiger partial charge in [-0.05, 0) is 38.3 Å². The second-order valence-corrected chi connectivity index (χ2v) is 6.06. The highest BCUT2D eigenvalue weighted by molar-refractivity contribution is 5.76. The molecular formula is C18H27NO2. The van der Waals surface area contributed by atoms with Gasteiger partial charge in [-0.1, -0.05) is 37.0 Å². The van der Waals surface area contributed by atoms with Crippen LogP contribution in [0.4, 0.5) is 0 Å². The summed E-state index contributed by atoms with van der Waals surface area (Å²) in [6.45, 7) is 2.66. The molecular weight excluding hydrogens is 262 g/mol. The Kier molecular flexibility index (Phi) is 6.09. The Morgan fingerprint density at radius 3 is 2.52 bits per heavy atom. The Morgan fingerprint density at radius 1 is 1.19 bits per heavy atom. The number of ether oxygens (including phenoxy) is 1.